The van der Waals surface area contributed by atoms with Crippen LogP contribution in [0, 0.1) is 5.92 Å². The van der Waals surface area contributed by atoms with Gasteiger partial charge >= 0.3 is 0 Å². The minimum Gasteiger partial charge on any atom is -0.312 e. The second kappa shape index (κ2) is 5.61. The maximum atomic E-state index is 3.57. The van der Waals surface area contributed by atoms with E-state index in [1.165, 1.54) is 38.9 Å². The average Bonchev–Trinajstić information content (AvgIpc) is 2.48. The smallest absolute Gasteiger partial charge is 0.0220 e. The Balaban J connectivity index is 2.15. The van der Waals surface area contributed by atoms with E-state index in [9.17, 15) is 0 Å². The molecule has 2 unspecified atom stereocenters. The van der Waals surface area contributed by atoms with Gasteiger partial charge in [-0.1, -0.05) is 20.3 Å². The van der Waals surface area contributed by atoms with Crippen molar-refractivity contribution in [3.05, 3.63) is 0 Å². The first-order chi connectivity index (χ1) is 6.24. The molecule has 1 aliphatic heterocycles. The summed E-state index contributed by atoms with van der Waals surface area (Å²) in [6.07, 6.45) is 3.99. The van der Waals surface area contributed by atoms with Crippen molar-refractivity contribution in [2.45, 2.75) is 39.2 Å². The molecule has 0 aromatic heterocycles. The summed E-state index contributed by atoms with van der Waals surface area (Å²) < 4.78 is 0. The molecule has 0 aromatic carbocycles. The van der Waals surface area contributed by atoms with Crippen molar-refractivity contribution >= 4 is 0 Å². The summed E-state index contributed by atoms with van der Waals surface area (Å²) in [5, 5.41) is 3.57. The van der Waals surface area contributed by atoms with Crippen LogP contribution in [-0.2, 0) is 0 Å². The molecule has 1 rings (SSSR count). The van der Waals surface area contributed by atoms with Crippen molar-refractivity contribution in [1.29, 1.82) is 0 Å². The van der Waals surface area contributed by atoms with Gasteiger partial charge in [-0.2, -0.15) is 0 Å². The van der Waals surface area contributed by atoms with Crippen molar-refractivity contribution in [1.82, 2.24) is 10.2 Å². The van der Waals surface area contributed by atoms with Crippen molar-refractivity contribution in [2.24, 2.45) is 5.92 Å². The van der Waals surface area contributed by atoms with Crippen molar-refractivity contribution in [3.8, 4) is 0 Å². The molecule has 78 valence electrons. The van der Waals surface area contributed by atoms with E-state index in [-0.39, 0.29) is 0 Å². The van der Waals surface area contributed by atoms with E-state index < -0.39 is 0 Å². The van der Waals surface area contributed by atoms with E-state index >= 15 is 0 Å². The average molecular weight is 184 g/mol. The third-order valence-electron chi connectivity index (χ3n) is 3.09. The lowest BCUT2D eigenvalue weighted by molar-refractivity contribution is 0.274. The van der Waals surface area contributed by atoms with Crippen molar-refractivity contribution < 1.29 is 0 Å². The fourth-order valence-electron chi connectivity index (χ4n) is 2.00. The zero-order valence-corrected chi connectivity index (χ0v) is 9.34. The number of hydrogen-bond acceptors (Lipinski definition) is 2. The maximum Gasteiger partial charge on any atom is 0.0220 e. The fourth-order valence-corrected chi connectivity index (χ4v) is 2.00. The van der Waals surface area contributed by atoms with E-state index in [2.05, 4.69) is 31.1 Å². The van der Waals surface area contributed by atoms with Gasteiger partial charge in [0.2, 0.25) is 0 Å². The normalized spacial score (nSPS) is 28.6. The predicted molar refractivity (Wildman–Crippen MR) is 58.0 cm³/mol. The van der Waals surface area contributed by atoms with Gasteiger partial charge in [0, 0.05) is 12.6 Å². The quantitative estimate of drug-likeness (QED) is 0.700. The predicted octanol–water partition coefficient (Wildman–Crippen LogP) is 1.72. The lowest BCUT2D eigenvalue weighted by atomic mass is 10.0. The Morgan fingerprint density at radius 3 is 2.77 bits per heavy atom. The first-order valence-electron chi connectivity index (χ1n) is 5.66. The number of nitrogens with one attached hydrogen (secondary N) is 1. The highest BCUT2D eigenvalue weighted by Gasteiger charge is 2.23. The molecule has 1 saturated heterocycles. The molecule has 0 radical (unpaired) electrons. The molecular formula is C11H24N2. The molecule has 0 bridgehead atoms. The zero-order valence-electron chi connectivity index (χ0n) is 9.34. The highest BCUT2D eigenvalue weighted by molar-refractivity contribution is 4.82. The summed E-state index contributed by atoms with van der Waals surface area (Å²) in [5.74, 6) is 0.865. The summed E-state index contributed by atoms with van der Waals surface area (Å²) in [4.78, 5) is 2.46. The van der Waals surface area contributed by atoms with Crippen LogP contribution in [0.4, 0.5) is 0 Å². The lowest BCUT2D eigenvalue weighted by Gasteiger charge is -2.23. The Kier molecular flexibility index (Phi) is 4.74. The molecule has 0 aromatic rings. The molecule has 2 nitrogen and oxygen atoms in total. The van der Waals surface area contributed by atoms with Gasteiger partial charge in [0.25, 0.3) is 0 Å². The Bertz CT molecular complexity index is 136. The van der Waals surface area contributed by atoms with Crippen LogP contribution in [0.15, 0.2) is 0 Å². The molecule has 1 aliphatic rings. The molecular weight excluding hydrogens is 160 g/mol. The third kappa shape index (κ3) is 3.65. The number of unbranched alkanes of at least 4 members (excludes halogenated alkanes) is 1. The zero-order chi connectivity index (χ0) is 9.68. The first kappa shape index (κ1) is 11.0. The number of nitrogens with zero attached hydrogens (tertiary/aromatic N) is 1. The van der Waals surface area contributed by atoms with Gasteiger partial charge in [0.15, 0.2) is 0 Å². The minimum absolute atomic E-state index is 0.738. The molecule has 2 heteroatoms. The van der Waals surface area contributed by atoms with E-state index in [1.54, 1.807) is 0 Å². The molecule has 0 aliphatic carbocycles. The SMILES string of the molecule is CCCCN(C)CC1NCCC1C. The van der Waals surface area contributed by atoms with Crippen LogP contribution >= 0.6 is 0 Å². The van der Waals surface area contributed by atoms with Gasteiger partial charge in [-0.05, 0) is 38.9 Å². The van der Waals surface area contributed by atoms with Crippen LogP contribution < -0.4 is 5.32 Å². The van der Waals surface area contributed by atoms with Gasteiger partial charge in [-0.3, -0.25) is 0 Å². The van der Waals surface area contributed by atoms with Gasteiger partial charge in [-0.15, -0.1) is 0 Å². The summed E-state index contributed by atoms with van der Waals surface area (Å²) >= 11 is 0. The molecule has 1 fully saturated rings. The third-order valence-corrected chi connectivity index (χ3v) is 3.09. The Morgan fingerprint density at radius 2 is 2.23 bits per heavy atom. The largest absolute Gasteiger partial charge is 0.312 e. The van der Waals surface area contributed by atoms with Crippen LogP contribution in [-0.4, -0.2) is 37.6 Å². The molecule has 13 heavy (non-hydrogen) atoms. The molecule has 0 saturated carbocycles. The number of hydrogen-bond donors (Lipinski definition) is 1. The summed E-state index contributed by atoms with van der Waals surface area (Å²) in [5.41, 5.74) is 0. The summed E-state index contributed by atoms with van der Waals surface area (Å²) in [6, 6.07) is 0.738. The lowest BCUT2D eigenvalue weighted by Crippen LogP contribution is -2.38. The first-order valence-corrected chi connectivity index (χ1v) is 5.66. The second-order valence-electron chi connectivity index (χ2n) is 4.44. The van der Waals surface area contributed by atoms with E-state index in [0.717, 1.165) is 12.0 Å². The molecule has 0 spiro atoms. The number of likely N-dealkylation sites (N-methyl/N-ethyl adjacent to an activating group) is 1. The summed E-state index contributed by atoms with van der Waals surface area (Å²) in [6.45, 7) is 8.30. The van der Waals surface area contributed by atoms with Crippen molar-refractivity contribution in [3.63, 3.8) is 0 Å². The topological polar surface area (TPSA) is 15.3 Å². The molecule has 2 atom stereocenters. The van der Waals surface area contributed by atoms with Crippen LogP contribution in [0.1, 0.15) is 33.1 Å². The van der Waals surface area contributed by atoms with Gasteiger partial charge in [-0.25, -0.2) is 0 Å². The fraction of sp³-hybridized carbons (Fsp3) is 1.00. The highest BCUT2D eigenvalue weighted by atomic mass is 15.1. The molecule has 1 heterocycles. The summed E-state index contributed by atoms with van der Waals surface area (Å²) in [7, 11) is 2.24. The van der Waals surface area contributed by atoms with E-state index in [0.29, 0.717) is 0 Å². The maximum absolute atomic E-state index is 3.57. The number of rotatable bonds is 5. The Labute approximate surface area is 82.7 Å². The Morgan fingerprint density at radius 1 is 1.46 bits per heavy atom. The second-order valence-corrected chi connectivity index (χ2v) is 4.44. The van der Waals surface area contributed by atoms with Crippen LogP contribution in [0.2, 0.25) is 0 Å². The van der Waals surface area contributed by atoms with Crippen molar-refractivity contribution in [2.75, 3.05) is 26.7 Å². The monoisotopic (exact) mass is 184 g/mol. The molecule has 1 N–H and O–H groups in total. The van der Waals surface area contributed by atoms with E-state index in [1.807, 2.05) is 0 Å². The Hall–Kier alpha value is -0.0800. The minimum atomic E-state index is 0.738. The van der Waals surface area contributed by atoms with Crippen LogP contribution in [0.25, 0.3) is 0 Å². The molecule has 0 amide bonds. The highest BCUT2D eigenvalue weighted by Crippen LogP contribution is 2.14. The van der Waals surface area contributed by atoms with Crippen LogP contribution in [0.3, 0.4) is 0 Å². The van der Waals surface area contributed by atoms with Gasteiger partial charge in [0.05, 0.1) is 0 Å². The van der Waals surface area contributed by atoms with Crippen LogP contribution in [0.5, 0.6) is 0 Å². The van der Waals surface area contributed by atoms with Gasteiger partial charge in [0.1, 0.15) is 0 Å². The van der Waals surface area contributed by atoms with Gasteiger partial charge < -0.3 is 10.2 Å². The standard InChI is InChI=1S/C11H24N2/c1-4-5-8-13(3)9-11-10(2)6-7-12-11/h10-12H,4-9H2,1-3H3. The van der Waals surface area contributed by atoms with E-state index in [4.69, 9.17) is 0 Å².